The molecule has 0 spiro atoms. The van der Waals surface area contributed by atoms with E-state index in [0.717, 1.165) is 18.2 Å². The van der Waals surface area contributed by atoms with Gasteiger partial charge in [0.15, 0.2) is 0 Å². The first-order chi connectivity index (χ1) is 8.15. The number of carbonyl (C=O) groups is 1. The Bertz CT molecular complexity index is 380. The van der Waals surface area contributed by atoms with Gasteiger partial charge in [-0.2, -0.15) is 11.8 Å². The highest BCUT2D eigenvalue weighted by molar-refractivity contribution is 7.98. The third-order valence-electron chi connectivity index (χ3n) is 2.45. The van der Waals surface area contributed by atoms with Crippen molar-refractivity contribution in [2.75, 3.05) is 5.75 Å². The zero-order valence-electron chi connectivity index (χ0n) is 9.91. The molecule has 0 unspecified atom stereocenters. The number of halogens is 1. The monoisotopic (exact) mass is 256 g/mol. The van der Waals surface area contributed by atoms with E-state index >= 15 is 0 Å². The molecule has 17 heavy (non-hydrogen) atoms. The summed E-state index contributed by atoms with van der Waals surface area (Å²) in [7, 11) is 0. The Morgan fingerprint density at radius 1 is 1.41 bits per heavy atom. The van der Waals surface area contributed by atoms with Crippen molar-refractivity contribution >= 4 is 17.7 Å². The van der Waals surface area contributed by atoms with E-state index in [1.165, 1.54) is 18.9 Å². The number of thioether (sulfide) groups is 1. The molecule has 0 bridgehead atoms. The van der Waals surface area contributed by atoms with E-state index in [1.54, 1.807) is 17.8 Å². The normalized spacial score (nSPS) is 10.5. The van der Waals surface area contributed by atoms with Crippen LogP contribution in [0.15, 0.2) is 18.2 Å². The van der Waals surface area contributed by atoms with Crippen LogP contribution in [0.25, 0.3) is 0 Å². The van der Waals surface area contributed by atoms with Gasteiger partial charge in [0.2, 0.25) is 0 Å². The maximum absolute atomic E-state index is 12.9. The molecule has 4 heteroatoms. The molecule has 0 amide bonds. The number of aromatic carboxylic acids is 1. The van der Waals surface area contributed by atoms with E-state index < -0.39 is 11.8 Å². The van der Waals surface area contributed by atoms with Crippen molar-refractivity contribution in [1.82, 2.24) is 0 Å². The second-order valence-corrected chi connectivity index (χ2v) is 4.97. The zero-order valence-corrected chi connectivity index (χ0v) is 10.7. The molecule has 0 saturated carbocycles. The van der Waals surface area contributed by atoms with Gasteiger partial charge in [-0.1, -0.05) is 25.8 Å². The van der Waals surface area contributed by atoms with Crippen LogP contribution in [0.3, 0.4) is 0 Å². The average Bonchev–Trinajstić information content (AvgIpc) is 2.30. The lowest BCUT2D eigenvalue weighted by Gasteiger charge is -2.06. The molecular weight excluding hydrogens is 239 g/mol. The van der Waals surface area contributed by atoms with Gasteiger partial charge in [0, 0.05) is 5.75 Å². The molecule has 1 aromatic rings. The number of hydrogen-bond donors (Lipinski definition) is 1. The van der Waals surface area contributed by atoms with Crippen LogP contribution in [0.4, 0.5) is 4.39 Å². The Morgan fingerprint density at radius 3 is 2.82 bits per heavy atom. The van der Waals surface area contributed by atoms with Crippen molar-refractivity contribution in [2.45, 2.75) is 31.9 Å². The van der Waals surface area contributed by atoms with Crippen LogP contribution in [-0.4, -0.2) is 16.8 Å². The molecule has 94 valence electrons. The van der Waals surface area contributed by atoms with Crippen molar-refractivity contribution in [3.8, 4) is 0 Å². The molecule has 1 N–H and O–H groups in total. The van der Waals surface area contributed by atoms with Gasteiger partial charge in [0.05, 0.1) is 5.56 Å². The molecule has 0 heterocycles. The van der Waals surface area contributed by atoms with E-state index in [2.05, 4.69) is 6.92 Å². The molecule has 0 saturated heterocycles. The maximum atomic E-state index is 12.9. The van der Waals surface area contributed by atoms with Crippen molar-refractivity contribution in [1.29, 1.82) is 0 Å². The van der Waals surface area contributed by atoms with E-state index in [9.17, 15) is 9.18 Å². The molecule has 0 aliphatic carbocycles. The molecule has 0 aromatic heterocycles. The van der Waals surface area contributed by atoms with E-state index in [-0.39, 0.29) is 5.56 Å². The number of unbranched alkanes of at least 4 members (excludes halogenated alkanes) is 2. The molecule has 0 aliphatic rings. The predicted octanol–water partition coefficient (Wildman–Crippen LogP) is 3.95. The molecule has 0 atom stereocenters. The number of hydrogen-bond acceptors (Lipinski definition) is 2. The highest BCUT2D eigenvalue weighted by Gasteiger charge is 2.10. The molecule has 2 nitrogen and oxygen atoms in total. The van der Waals surface area contributed by atoms with E-state index in [1.807, 2.05) is 0 Å². The van der Waals surface area contributed by atoms with E-state index in [0.29, 0.717) is 11.3 Å². The lowest BCUT2D eigenvalue weighted by molar-refractivity contribution is 0.0695. The fraction of sp³-hybridized carbons (Fsp3) is 0.462. The first kappa shape index (κ1) is 14.0. The molecule has 0 radical (unpaired) electrons. The number of carboxylic acids is 1. The lowest BCUT2D eigenvalue weighted by Crippen LogP contribution is -2.02. The van der Waals surface area contributed by atoms with Gasteiger partial charge in [-0.25, -0.2) is 9.18 Å². The minimum Gasteiger partial charge on any atom is -0.478 e. The minimum absolute atomic E-state index is 0.0768. The minimum atomic E-state index is -1.06. The van der Waals surface area contributed by atoms with Crippen LogP contribution < -0.4 is 0 Å². The van der Waals surface area contributed by atoms with Gasteiger partial charge >= 0.3 is 5.97 Å². The second kappa shape index (κ2) is 7.33. The van der Waals surface area contributed by atoms with Crippen LogP contribution in [0.2, 0.25) is 0 Å². The zero-order chi connectivity index (χ0) is 12.7. The lowest BCUT2D eigenvalue weighted by atomic mass is 10.1. The van der Waals surface area contributed by atoms with Crippen molar-refractivity contribution in [3.05, 3.63) is 35.1 Å². The van der Waals surface area contributed by atoms with E-state index in [4.69, 9.17) is 5.11 Å². The topological polar surface area (TPSA) is 37.3 Å². The summed E-state index contributed by atoms with van der Waals surface area (Å²) in [5.74, 6) is 0.0893. The largest absolute Gasteiger partial charge is 0.478 e. The highest BCUT2D eigenvalue weighted by atomic mass is 32.2. The van der Waals surface area contributed by atoms with Gasteiger partial charge in [-0.3, -0.25) is 0 Å². The molecule has 0 fully saturated rings. The maximum Gasteiger partial charge on any atom is 0.336 e. The summed E-state index contributed by atoms with van der Waals surface area (Å²) in [4.78, 5) is 10.9. The van der Waals surface area contributed by atoms with Gasteiger partial charge in [0.25, 0.3) is 0 Å². The SMILES string of the molecule is CCCCCSCc1ccc(F)cc1C(=O)O. The number of carboxylic acid groups (broad SMARTS) is 1. The number of benzene rings is 1. The third kappa shape index (κ3) is 4.77. The summed E-state index contributed by atoms with van der Waals surface area (Å²) >= 11 is 1.70. The highest BCUT2D eigenvalue weighted by Crippen LogP contribution is 2.19. The molecular formula is C13H17FO2S. The van der Waals surface area contributed by atoms with Crippen molar-refractivity contribution < 1.29 is 14.3 Å². The van der Waals surface area contributed by atoms with Crippen molar-refractivity contribution in [2.24, 2.45) is 0 Å². The summed E-state index contributed by atoms with van der Waals surface area (Å²) in [5.41, 5.74) is 0.772. The Labute approximate surface area is 105 Å². The Morgan fingerprint density at radius 2 is 2.18 bits per heavy atom. The summed E-state index contributed by atoms with van der Waals surface area (Å²) < 4.78 is 12.9. The van der Waals surface area contributed by atoms with Gasteiger partial charge < -0.3 is 5.11 Å². The summed E-state index contributed by atoms with van der Waals surface area (Å²) in [6.45, 7) is 2.15. The Balaban J connectivity index is 2.55. The second-order valence-electron chi connectivity index (χ2n) is 3.87. The van der Waals surface area contributed by atoms with Crippen LogP contribution in [0.5, 0.6) is 0 Å². The van der Waals surface area contributed by atoms with Crippen LogP contribution in [0, 0.1) is 5.82 Å². The third-order valence-corrected chi connectivity index (χ3v) is 3.54. The first-order valence-electron chi connectivity index (χ1n) is 5.74. The van der Waals surface area contributed by atoms with Crippen molar-refractivity contribution in [3.63, 3.8) is 0 Å². The van der Waals surface area contributed by atoms with Gasteiger partial charge in [-0.05, 0) is 29.9 Å². The average molecular weight is 256 g/mol. The van der Waals surface area contributed by atoms with Crippen LogP contribution in [-0.2, 0) is 5.75 Å². The number of rotatable bonds is 7. The summed E-state index contributed by atoms with van der Waals surface area (Å²) in [6, 6.07) is 3.96. The molecule has 1 rings (SSSR count). The Kier molecular flexibility index (Phi) is 6.05. The fourth-order valence-electron chi connectivity index (χ4n) is 1.51. The summed E-state index contributed by atoms with van der Waals surface area (Å²) in [5, 5.41) is 8.95. The summed E-state index contributed by atoms with van der Waals surface area (Å²) in [6.07, 6.45) is 3.52. The quantitative estimate of drug-likeness (QED) is 0.751. The van der Waals surface area contributed by atoms with Gasteiger partial charge in [-0.15, -0.1) is 0 Å². The standard InChI is InChI=1S/C13H17FO2S/c1-2-3-4-7-17-9-10-5-6-11(14)8-12(10)13(15)16/h5-6,8H,2-4,7,9H2,1H3,(H,15,16). The molecule has 0 aliphatic heterocycles. The molecule has 1 aromatic carbocycles. The van der Waals surface area contributed by atoms with Gasteiger partial charge in [0.1, 0.15) is 5.82 Å². The van der Waals surface area contributed by atoms with Crippen LogP contribution in [0.1, 0.15) is 42.1 Å². The Hall–Kier alpha value is -1.03. The fourth-order valence-corrected chi connectivity index (χ4v) is 2.53. The van der Waals surface area contributed by atoms with Crippen LogP contribution >= 0.6 is 11.8 Å². The predicted molar refractivity (Wildman–Crippen MR) is 69.0 cm³/mol. The smallest absolute Gasteiger partial charge is 0.336 e. The first-order valence-corrected chi connectivity index (χ1v) is 6.90.